The maximum Gasteiger partial charge on any atom is 0.120 e. The van der Waals surface area contributed by atoms with E-state index in [0.717, 1.165) is 33.7 Å². The number of furan rings is 1. The molecule has 1 fully saturated rings. The molecule has 0 unspecified atom stereocenters. The largest absolute Gasteiger partial charge is 0.501 e. The fourth-order valence-electron chi connectivity index (χ4n) is 7.50. The fourth-order valence-corrected chi connectivity index (χ4v) is 9.01. The topological polar surface area (TPSA) is 38.9 Å². The Morgan fingerprint density at radius 3 is 2.13 bits per heavy atom. The minimum Gasteiger partial charge on any atom is -0.501 e. The molecule has 0 N–H and O–H groups in total. The van der Waals surface area contributed by atoms with E-state index in [1.807, 2.05) is 48.5 Å². The third-order valence-electron chi connectivity index (χ3n) is 8.98. The summed E-state index contributed by atoms with van der Waals surface area (Å²) in [4.78, 5) is 9.17. The van der Waals surface area contributed by atoms with Crippen molar-refractivity contribution in [3.8, 4) is 22.5 Å². The van der Waals surface area contributed by atoms with E-state index in [0.29, 0.717) is 16.7 Å². The van der Waals surface area contributed by atoms with Crippen molar-refractivity contribution >= 4 is 35.2 Å². The summed E-state index contributed by atoms with van der Waals surface area (Å²) >= 11 is 0. The molecule has 5 heteroatoms. The second kappa shape index (κ2) is 13.4. The summed E-state index contributed by atoms with van der Waals surface area (Å²) in [6.07, 6.45) is 7.62. The Kier molecular flexibility index (Phi) is 9.89. The molecule has 1 saturated carbocycles. The first-order valence-electron chi connectivity index (χ1n) is 16.1. The van der Waals surface area contributed by atoms with Crippen molar-refractivity contribution in [3.05, 3.63) is 115 Å². The van der Waals surface area contributed by atoms with E-state index in [1.165, 1.54) is 40.8 Å². The van der Waals surface area contributed by atoms with Crippen LogP contribution in [0.25, 0.3) is 44.5 Å². The Morgan fingerprint density at radius 1 is 0.783 bits per heavy atom. The van der Waals surface area contributed by atoms with Gasteiger partial charge < -0.3 is 14.4 Å². The van der Waals surface area contributed by atoms with E-state index in [4.69, 9.17) is 9.40 Å². The van der Waals surface area contributed by atoms with Crippen LogP contribution in [0.1, 0.15) is 58.4 Å². The Morgan fingerprint density at radius 2 is 1.50 bits per heavy atom. The van der Waals surface area contributed by atoms with Crippen molar-refractivity contribution in [2.45, 2.75) is 72.5 Å². The van der Waals surface area contributed by atoms with Gasteiger partial charge >= 0.3 is 0 Å². The number of para-hydroxylation sites is 1. The second-order valence-corrected chi connectivity index (χ2v) is 20.2. The summed E-state index contributed by atoms with van der Waals surface area (Å²) in [7, 11) is -1.57. The molecule has 0 spiro atoms. The van der Waals surface area contributed by atoms with Gasteiger partial charge in [0.15, 0.2) is 0 Å². The molecule has 3 aromatic heterocycles. The second-order valence-electron chi connectivity index (χ2n) is 15.2. The van der Waals surface area contributed by atoms with Gasteiger partial charge in [0.05, 0.1) is 5.58 Å². The zero-order chi connectivity index (χ0) is 31.8. The average Bonchev–Trinajstić information content (AvgIpc) is 3.40. The predicted molar refractivity (Wildman–Crippen MR) is 191 cm³/mol. The van der Waals surface area contributed by atoms with E-state index >= 15 is 0 Å². The molecule has 1 aliphatic rings. The SMILES string of the molecule is CC1(C)CC(c2ccc(-c3[c-]cc([Si](C)(C)C)c4c3oc3ccccc34)nc2)CC(C)(C)C1.[Ir].[c-]1ccccc1-c1ccccn1. The van der Waals surface area contributed by atoms with Crippen LogP contribution in [0, 0.1) is 23.0 Å². The fraction of sp³-hybridized carbons (Fsp3) is 0.317. The first-order valence-corrected chi connectivity index (χ1v) is 19.6. The third-order valence-corrected chi connectivity index (χ3v) is 11.0. The van der Waals surface area contributed by atoms with E-state index < -0.39 is 8.07 Å². The summed E-state index contributed by atoms with van der Waals surface area (Å²) in [5.74, 6) is 0.565. The molecule has 46 heavy (non-hydrogen) atoms. The van der Waals surface area contributed by atoms with Crippen molar-refractivity contribution in [1.82, 2.24) is 9.97 Å². The van der Waals surface area contributed by atoms with Crippen molar-refractivity contribution in [1.29, 1.82) is 0 Å². The molecule has 0 bridgehead atoms. The van der Waals surface area contributed by atoms with Crippen LogP contribution in [0.5, 0.6) is 0 Å². The molecule has 0 amide bonds. The quantitative estimate of drug-likeness (QED) is 0.132. The zero-order valence-electron chi connectivity index (χ0n) is 28.1. The summed E-state index contributed by atoms with van der Waals surface area (Å²) in [6, 6.07) is 35.4. The molecule has 1 radical (unpaired) electrons. The average molecular weight is 801 g/mol. The first-order chi connectivity index (χ1) is 21.4. The van der Waals surface area contributed by atoms with Crippen molar-refractivity contribution in [2.75, 3.05) is 0 Å². The van der Waals surface area contributed by atoms with Crippen LogP contribution in [0.15, 0.2) is 102 Å². The number of pyridine rings is 2. The number of aromatic nitrogens is 2. The van der Waals surface area contributed by atoms with E-state index in [-0.39, 0.29) is 20.1 Å². The maximum atomic E-state index is 6.43. The van der Waals surface area contributed by atoms with Gasteiger partial charge in [0, 0.05) is 46.0 Å². The summed E-state index contributed by atoms with van der Waals surface area (Å²) in [6.45, 7) is 16.8. The zero-order valence-corrected chi connectivity index (χ0v) is 31.5. The van der Waals surface area contributed by atoms with Gasteiger partial charge in [-0.05, 0) is 65.1 Å². The summed E-state index contributed by atoms with van der Waals surface area (Å²) in [5.41, 5.74) is 7.89. The number of hydrogen-bond donors (Lipinski definition) is 0. The van der Waals surface area contributed by atoms with E-state index in [2.05, 4.69) is 107 Å². The molecular weight excluding hydrogens is 757 g/mol. The monoisotopic (exact) mass is 801 g/mol. The number of benzene rings is 3. The van der Waals surface area contributed by atoms with Crippen LogP contribution < -0.4 is 5.19 Å². The minimum atomic E-state index is -1.57. The smallest absolute Gasteiger partial charge is 0.120 e. The molecule has 7 rings (SSSR count). The molecule has 3 nitrogen and oxygen atoms in total. The Bertz CT molecular complexity index is 1850. The van der Waals surface area contributed by atoms with Gasteiger partial charge in [0.25, 0.3) is 0 Å². The minimum absolute atomic E-state index is 0. The molecule has 239 valence electrons. The van der Waals surface area contributed by atoms with E-state index in [1.54, 1.807) is 6.20 Å². The van der Waals surface area contributed by atoms with Gasteiger partial charge in [-0.1, -0.05) is 101 Å². The maximum absolute atomic E-state index is 6.43. The number of rotatable bonds is 4. The van der Waals surface area contributed by atoms with Crippen LogP contribution in [0.3, 0.4) is 0 Å². The summed E-state index contributed by atoms with van der Waals surface area (Å²) < 4.78 is 6.43. The predicted octanol–water partition coefficient (Wildman–Crippen LogP) is 10.9. The third kappa shape index (κ3) is 7.44. The summed E-state index contributed by atoms with van der Waals surface area (Å²) in [5, 5.41) is 3.85. The Hall–Kier alpha value is -3.37. The van der Waals surface area contributed by atoms with Gasteiger partial charge in [0.1, 0.15) is 5.58 Å². The van der Waals surface area contributed by atoms with Crippen LogP contribution in [-0.2, 0) is 20.1 Å². The number of fused-ring (bicyclic) bond motifs is 3. The molecule has 6 aromatic rings. The number of nitrogens with zero attached hydrogens (tertiary/aromatic N) is 2. The molecule has 3 heterocycles. The van der Waals surface area contributed by atoms with Crippen LogP contribution in [0.2, 0.25) is 19.6 Å². The van der Waals surface area contributed by atoms with Crippen molar-refractivity contribution in [2.24, 2.45) is 10.8 Å². The van der Waals surface area contributed by atoms with Crippen molar-refractivity contribution in [3.63, 3.8) is 0 Å². The number of hydrogen-bond acceptors (Lipinski definition) is 3. The standard InChI is InChI=1S/C30H36NOSi.C11H8N.Ir/c1-29(2)16-21(17-30(3,4)19-29)20-12-14-24(31-18-20)22-13-15-26(33(5,6)7)27-23-10-8-9-11-25(23)32-28(22)27;1-2-6-10(7-3-1)11-8-4-5-9-12-11;/h8-12,14-15,18,21H,16-17,19H2,1-7H3;1-6,8-9H;/q2*-1;. The Balaban J connectivity index is 0.000000269. The normalized spacial score (nSPS) is 16.0. The van der Waals surface area contributed by atoms with Crippen LogP contribution in [0.4, 0.5) is 0 Å². The molecule has 1 aliphatic carbocycles. The molecule has 0 aliphatic heterocycles. The Labute approximate surface area is 289 Å². The molecule has 0 saturated heterocycles. The van der Waals surface area contributed by atoms with Gasteiger partial charge in [-0.2, -0.15) is 0 Å². The molecule has 0 atom stereocenters. The van der Waals surface area contributed by atoms with E-state index in [9.17, 15) is 0 Å². The van der Waals surface area contributed by atoms with Gasteiger partial charge in [-0.15, -0.1) is 53.2 Å². The van der Waals surface area contributed by atoms with Gasteiger partial charge in [0.2, 0.25) is 0 Å². The van der Waals surface area contributed by atoms with Crippen LogP contribution >= 0.6 is 0 Å². The van der Waals surface area contributed by atoms with Gasteiger partial charge in [-0.25, -0.2) is 0 Å². The molecule has 3 aromatic carbocycles. The van der Waals surface area contributed by atoms with Crippen LogP contribution in [-0.4, -0.2) is 18.0 Å². The molecular formula is C41H44IrN2OSi-2. The van der Waals surface area contributed by atoms with Gasteiger partial charge in [-0.3, -0.25) is 0 Å². The van der Waals surface area contributed by atoms with Crippen molar-refractivity contribution < 1.29 is 24.5 Å². The first kappa shape index (κ1) is 34.0.